The van der Waals surface area contributed by atoms with Crippen molar-refractivity contribution in [1.29, 1.82) is 0 Å². The van der Waals surface area contributed by atoms with Gasteiger partial charge in [-0.15, -0.1) is 0 Å². The van der Waals surface area contributed by atoms with E-state index in [9.17, 15) is 0 Å². The zero-order valence-electron chi connectivity index (χ0n) is 20.5. The molecule has 3 aromatic carbocycles. The first kappa shape index (κ1) is 28.3. The predicted octanol–water partition coefficient (Wildman–Crippen LogP) is 9.27. The minimum absolute atomic E-state index is 0.200. The molecule has 0 aliphatic carbocycles. The Morgan fingerprint density at radius 1 is 0.658 bits per heavy atom. The molecule has 0 N–H and O–H groups in total. The first-order valence-corrected chi connectivity index (χ1v) is 14.0. The molecule has 0 unspecified atom stereocenters. The minimum atomic E-state index is -6.63. The van der Waals surface area contributed by atoms with Gasteiger partial charge in [-0.25, -0.2) is 0 Å². The molecule has 3 aromatic rings. The summed E-state index contributed by atoms with van der Waals surface area (Å²) in [6, 6.07) is 21.8. The average Bonchev–Trinajstić information content (AvgIpc) is 3.13. The van der Waals surface area contributed by atoms with Gasteiger partial charge in [0.05, 0.1) is 0 Å². The van der Waals surface area contributed by atoms with Gasteiger partial charge < -0.3 is 0 Å². The Bertz CT molecular complexity index is 1180. The fourth-order valence-electron chi connectivity index (χ4n) is 3.77. The summed E-state index contributed by atoms with van der Waals surface area (Å²) in [5.41, 5.74) is -1.23. The van der Waals surface area contributed by atoms with E-state index >= 15 is 17.6 Å². The van der Waals surface area contributed by atoms with E-state index in [0.717, 1.165) is 0 Å². The summed E-state index contributed by atoms with van der Waals surface area (Å²) < 4.78 is 87.5. The molecule has 204 valence electrons. The van der Waals surface area contributed by atoms with Gasteiger partial charge in [0.25, 0.3) is 0 Å². The van der Waals surface area contributed by atoms with Gasteiger partial charge in [-0.3, -0.25) is 0 Å². The van der Waals surface area contributed by atoms with Crippen LogP contribution in [0.4, 0.5) is 17.6 Å². The van der Waals surface area contributed by atoms with Crippen LogP contribution < -0.4 is 13.6 Å². The van der Waals surface area contributed by atoms with Gasteiger partial charge in [0.1, 0.15) is 0 Å². The number of aliphatic imine (C=N–C) groups is 1. The summed E-state index contributed by atoms with van der Waals surface area (Å²) in [6.07, 6.45) is 0. The molecule has 0 saturated carbocycles. The molecular weight excluding hydrogens is 568 g/mol. The van der Waals surface area contributed by atoms with Crippen LogP contribution in [0.3, 0.4) is 0 Å². The topological polar surface area (TPSA) is 49.3 Å². The van der Waals surface area contributed by atoms with Crippen molar-refractivity contribution in [2.75, 3.05) is 0 Å². The van der Waals surface area contributed by atoms with Gasteiger partial charge >= 0.3 is 228 Å². The maximum absolute atomic E-state index is 15.8. The second-order valence-electron chi connectivity index (χ2n) is 9.45. The number of nitrogens with zero attached hydrogens (tertiary/aromatic N) is 1. The monoisotopic (exact) mass is 591 g/mol. The van der Waals surface area contributed by atoms with Crippen molar-refractivity contribution < 1.29 is 35.7 Å². The number of hydrogen-bond acceptors (Lipinski definition) is 5. The van der Waals surface area contributed by atoms with Crippen molar-refractivity contribution in [1.82, 2.24) is 0 Å². The summed E-state index contributed by atoms with van der Waals surface area (Å²) >= 11 is 11.2. The van der Waals surface area contributed by atoms with Crippen LogP contribution in [0.1, 0.15) is 20.8 Å². The molecule has 0 bridgehead atoms. The van der Waals surface area contributed by atoms with Crippen molar-refractivity contribution in [3.8, 4) is 17.2 Å². The van der Waals surface area contributed by atoms with Crippen molar-refractivity contribution in [2.45, 2.75) is 36.8 Å². The Hall–Kier alpha value is -2.74. The molecular formula is C26H24Cl2F4NO4P. The second kappa shape index (κ2) is 9.47. The molecule has 38 heavy (non-hydrogen) atoms. The summed E-state index contributed by atoms with van der Waals surface area (Å²) in [5.74, 6) is -1.19. The Morgan fingerprint density at radius 3 is 1.24 bits per heavy atom. The van der Waals surface area contributed by atoms with E-state index in [-0.39, 0.29) is 17.2 Å². The van der Waals surface area contributed by atoms with Crippen LogP contribution in [0, 0.1) is 5.41 Å². The molecule has 0 fully saturated rings. The van der Waals surface area contributed by atoms with E-state index in [1.54, 1.807) is 18.2 Å². The predicted molar refractivity (Wildman–Crippen MR) is 140 cm³/mol. The first-order chi connectivity index (χ1) is 17.6. The Kier molecular flexibility index (Phi) is 7.05. The molecule has 1 heterocycles. The van der Waals surface area contributed by atoms with E-state index in [0.29, 0.717) is 0 Å². The third kappa shape index (κ3) is 4.65. The van der Waals surface area contributed by atoms with Crippen molar-refractivity contribution in [2.24, 2.45) is 10.4 Å². The van der Waals surface area contributed by atoms with Gasteiger partial charge in [0, 0.05) is 0 Å². The Morgan fingerprint density at radius 2 is 0.974 bits per heavy atom. The molecule has 0 amide bonds. The van der Waals surface area contributed by atoms with Gasteiger partial charge in [-0.2, -0.15) is 0 Å². The quantitative estimate of drug-likeness (QED) is 0.149. The normalized spacial score (nSPS) is 19.3. The van der Waals surface area contributed by atoms with E-state index in [2.05, 4.69) is 4.99 Å². The number of para-hydroxylation sites is 3. The third-order valence-corrected chi connectivity index (χ3v) is 10.1. The number of rotatable bonds is 8. The number of hydrogen-bond donors (Lipinski definition) is 0. The molecule has 0 atom stereocenters. The molecule has 0 radical (unpaired) electrons. The molecule has 5 nitrogen and oxygen atoms in total. The maximum atomic E-state index is 15.8. The van der Waals surface area contributed by atoms with Gasteiger partial charge in [-0.1, -0.05) is 0 Å². The molecule has 12 heteroatoms. The molecule has 0 aromatic heterocycles. The molecule has 1 aliphatic heterocycles. The zero-order chi connectivity index (χ0) is 27.9. The molecule has 0 saturated heterocycles. The molecule has 0 spiro atoms. The van der Waals surface area contributed by atoms with E-state index in [1.165, 1.54) is 93.6 Å². The van der Waals surface area contributed by atoms with Gasteiger partial charge in [-0.05, 0) is 0 Å². The van der Waals surface area contributed by atoms with Crippen molar-refractivity contribution in [3.63, 3.8) is 0 Å². The SMILES string of the molecule is CC(C)(C)C1=NC(C(F)(F)Cl)(C(F)(F)Cl)P(Oc2ccccc2)(Oc2ccccc2)(Oc2ccccc2)O1. The average molecular weight is 592 g/mol. The second-order valence-corrected chi connectivity index (χ2v) is 13.4. The number of alkyl halides is 6. The summed E-state index contributed by atoms with van der Waals surface area (Å²) in [7, 11) is -6.63. The van der Waals surface area contributed by atoms with E-state index in [4.69, 9.17) is 41.3 Å². The van der Waals surface area contributed by atoms with Gasteiger partial charge in [0.2, 0.25) is 0 Å². The van der Waals surface area contributed by atoms with E-state index < -0.39 is 34.9 Å². The van der Waals surface area contributed by atoms with Crippen molar-refractivity contribution >= 4 is 36.6 Å². The Labute approximate surface area is 227 Å². The fraction of sp³-hybridized carbons (Fsp3) is 0.269. The Balaban J connectivity index is 2.19. The van der Waals surface area contributed by atoms with Gasteiger partial charge in [0.15, 0.2) is 0 Å². The number of benzene rings is 3. The van der Waals surface area contributed by atoms with Crippen LogP contribution in [0.25, 0.3) is 0 Å². The first-order valence-electron chi connectivity index (χ1n) is 11.3. The summed E-state index contributed by atoms with van der Waals surface area (Å²) in [5, 5.41) is -14.1. The fourth-order valence-corrected chi connectivity index (χ4v) is 8.87. The zero-order valence-corrected chi connectivity index (χ0v) is 22.9. The summed E-state index contributed by atoms with van der Waals surface area (Å²) in [6.45, 7) is 4.54. The third-order valence-electron chi connectivity index (χ3n) is 5.49. The van der Waals surface area contributed by atoms with Crippen LogP contribution in [0.15, 0.2) is 96.0 Å². The van der Waals surface area contributed by atoms with Crippen LogP contribution in [0.2, 0.25) is 0 Å². The molecule has 4 rings (SSSR count). The number of halogens is 6. The van der Waals surface area contributed by atoms with Crippen LogP contribution in [0.5, 0.6) is 17.2 Å². The van der Waals surface area contributed by atoms with Crippen molar-refractivity contribution in [3.05, 3.63) is 91.0 Å². The molecule has 1 aliphatic rings. The van der Waals surface area contributed by atoms with Crippen LogP contribution in [-0.2, 0) is 4.52 Å². The summed E-state index contributed by atoms with van der Waals surface area (Å²) in [4.78, 5) is 3.76. The standard InChI is InChI=1S/C26H24Cl2F4NO4P/c1-23(2,3)22-33-24(25(27,29)30,26(28,31)32)38(37-22,34-19-13-7-4-8-14-19,35-20-15-9-5-10-16-20)36-21-17-11-6-12-18-21/h4-18H,1-3H3. The van der Waals surface area contributed by atoms with Crippen LogP contribution >= 0.6 is 30.7 Å². The van der Waals surface area contributed by atoms with Crippen LogP contribution in [-0.4, -0.2) is 21.9 Å². The van der Waals surface area contributed by atoms with E-state index in [1.807, 2.05) is 0 Å².